The van der Waals surface area contributed by atoms with Crippen molar-refractivity contribution < 1.29 is 19.0 Å². The molecule has 0 heterocycles. The molecule has 0 aliphatic rings. The number of ether oxygens (including phenoxy) is 3. The third kappa shape index (κ3) is 5.96. The molecular formula is C18H28O4. The predicted octanol–water partition coefficient (Wildman–Crippen LogP) is 4.18. The van der Waals surface area contributed by atoms with Crippen LogP contribution in [0.3, 0.4) is 0 Å². The lowest BCUT2D eigenvalue weighted by Gasteiger charge is -2.14. The topological polar surface area (TPSA) is 44.8 Å². The minimum absolute atomic E-state index is 0.643. The number of carbonyl (C=O) groups excluding carboxylic acids is 1. The number of hydrogen-bond acceptors (Lipinski definition) is 4. The summed E-state index contributed by atoms with van der Waals surface area (Å²) in [7, 11) is 4.89. The van der Waals surface area contributed by atoms with Crippen molar-refractivity contribution >= 4 is 6.29 Å². The van der Waals surface area contributed by atoms with Gasteiger partial charge in [-0.1, -0.05) is 25.7 Å². The van der Waals surface area contributed by atoms with E-state index in [1.165, 1.54) is 24.8 Å². The van der Waals surface area contributed by atoms with Gasteiger partial charge in [0.1, 0.15) is 6.29 Å². The predicted molar refractivity (Wildman–Crippen MR) is 88.2 cm³/mol. The second-order valence-corrected chi connectivity index (χ2v) is 5.36. The first-order valence-corrected chi connectivity index (χ1v) is 7.99. The molecule has 0 amide bonds. The van der Waals surface area contributed by atoms with Crippen molar-refractivity contribution in [3.8, 4) is 17.2 Å². The Labute approximate surface area is 133 Å². The van der Waals surface area contributed by atoms with Crippen molar-refractivity contribution in [3.05, 3.63) is 17.7 Å². The van der Waals surface area contributed by atoms with Gasteiger partial charge >= 0.3 is 0 Å². The average molecular weight is 308 g/mol. The molecule has 0 unspecified atom stereocenters. The van der Waals surface area contributed by atoms with Crippen LogP contribution in [0.25, 0.3) is 0 Å². The number of aldehydes is 1. The van der Waals surface area contributed by atoms with Gasteiger partial charge in [0.2, 0.25) is 5.75 Å². The van der Waals surface area contributed by atoms with Gasteiger partial charge in [-0.2, -0.15) is 0 Å². The van der Waals surface area contributed by atoms with Crippen LogP contribution in [-0.4, -0.2) is 27.6 Å². The SMILES string of the molecule is COc1cc(CCCCCCCCC=O)cc(OC)c1OC. The second kappa shape index (κ2) is 10.9. The summed E-state index contributed by atoms with van der Waals surface area (Å²) in [5.41, 5.74) is 1.20. The molecule has 0 bridgehead atoms. The molecule has 0 radical (unpaired) electrons. The summed E-state index contributed by atoms with van der Waals surface area (Å²) in [4.78, 5) is 10.2. The summed E-state index contributed by atoms with van der Waals surface area (Å²) in [5, 5.41) is 0. The van der Waals surface area contributed by atoms with Gasteiger partial charge in [0.25, 0.3) is 0 Å². The van der Waals surface area contributed by atoms with E-state index in [0.717, 1.165) is 32.0 Å². The zero-order valence-electron chi connectivity index (χ0n) is 14.0. The van der Waals surface area contributed by atoms with Crippen LogP contribution >= 0.6 is 0 Å². The molecule has 1 rings (SSSR count). The van der Waals surface area contributed by atoms with Crippen LogP contribution < -0.4 is 14.2 Å². The Bertz CT molecular complexity index is 418. The highest BCUT2D eigenvalue weighted by molar-refractivity contribution is 5.53. The van der Waals surface area contributed by atoms with Crippen molar-refractivity contribution in [1.82, 2.24) is 0 Å². The lowest BCUT2D eigenvalue weighted by Crippen LogP contribution is -1.97. The molecule has 0 N–H and O–H groups in total. The molecule has 1 aromatic rings. The molecule has 1 aromatic carbocycles. The zero-order chi connectivity index (χ0) is 16.2. The van der Waals surface area contributed by atoms with Gasteiger partial charge in [0.05, 0.1) is 21.3 Å². The normalized spacial score (nSPS) is 10.3. The van der Waals surface area contributed by atoms with Gasteiger partial charge in [-0.3, -0.25) is 0 Å². The van der Waals surface area contributed by atoms with Crippen LogP contribution in [0.5, 0.6) is 17.2 Å². The standard InChI is InChI=1S/C18H28O4/c1-20-16-13-15(14-17(21-2)18(16)22-3)11-9-7-5-4-6-8-10-12-19/h12-14H,4-11H2,1-3H3. The van der Waals surface area contributed by atoms with Crippen LogP contribution in [0.2, 0.25) is 0 Å². The molecule has 0 fully saturated rings. The Morgan fingerprint density at radius 3 is 1.86 bits per heavy atom. The fourth-order valence-corrected chi connectivity index (χ4v) is 2.54. The minimum atomic E-state index is 0.643. The molecule has 0 saturated carbocycles. The number of rotatable bonds is 12. The fraction of sp³-hybridized carbons (Fsp3) is 0.611. The van der Waals surface area contributed by atoms with Crippen LogP contribution in [0, 0.1) is 0 Å². The van der Waals surface area contributed by atoms with Gasteiger partial charge in [0, 0.05) is 6.42 Å². The number of methoxy groups -OCH3 is 3. The first-order chi connectivity index (χ1) is 10.8. The zero-order valence-corrected chi connectivity index (χ0v) is 14.0. The summed E-state index contributed by atoms with van der Waals surface area (Å²) in [5.74, 6) is 2.07. The van der Waals surface area contributed by atoms with Gasteiger partial charge in [-0.05, 0) is 37.0 Å². The van der Waals surface area contributed by atoms with E-state index in [-0.39, 0.29) is 0 Å². The van der Waals surface area contributed by atoms with Crippen LogP contribution in [0.15, 0.2) is 12.1 Å². The molecule has 0 aliphatic carbocycles. The minimum Gasteiger partial charge on any atom is -0.493 e. The summed E-state index contributed by atoms with van der Waals surface area (Å²) in [6, 6.07) is 4.04. The maximum Gasteiger partial charge on any atom is 0.203 e. The molecule has 0 aliphatic heterocycles. The lowest BCUT2D eigenvalue weighted by molar-refractivity contribution is -0.107. The van der Waals surface area contributed by atoms with E-state index in [0.29, 0.717) is 23.7 Å². The number of unbranched alkanes of at least 4 members (excludes halogenated alkanes) is 6. The van der Waals surface area contributed by atoms with Gasteiger partial charge in [-0.25, -0.2) is 0 Å². The first kappa shape index (κ1) is 18.3. The Hall–Kier alpha value is -1.71. The molecular weight excluding hydrogens is 280 g/mol. The maximum absolute atomic E-state index is 10.2. The van der Waals surface area contributed by atoms with E-state index in [1.54, 1.807) is 21.3 Å². The third-order valence-corrected chi connectivity index (χ3v) is 3.76. The largest absolute Gasteiger partial charge is 0.493 e. The lowest BCUT2D eigenvalue weighted by atomic mass is 10.0. The molecule has 4 nitrogen and oxygen atoms in total. The molecule has 0 atom stereocenters. The molecule has 0 saturated heterocycles. The van der Waals surface area contributed by atoms with Crippen molar-refractivity contribution in [1.29, 1.82) is 0 Å². The van der Waals surface area contributed by atoms with E-state index in [9.17, 15) is 4.79 Å². The monoisotopic (exact) mass is 308 g/mol. The third-order valence-electron chi connectivity index (χ3n) is 3.76. The highest BCUT2D eigenvalue weighted by atomic mass is 16.5. The number of aryl methyl sites for hydroxylation is 1. The van der Waals surface area contributed by atoms with E-state index >= 15 is 0 Å². The van der Waals surface area contributed by atoms with E-state index in [4.69, 9.17) is 14.2 Å². The Balaban J connectivity index is 2.41. The van der Waals surface area contributed by atoms with Crippen molar-refractivity contribution in [3.63, 3.8) is 0 Å². The summed E-state index contributed by atoms with van der Waals surface area (Å²) < 4.78 is 16.1. The number of benzene rings is 1. The van der Waals surface area contributed by atoms with E-state index < -0.39 is 0 Å². The van der Waals surface area contributed by atoms with Crippen molar-refractivity contribution in [2.45, 2.75) is 51.4 Å². The Morgan fingerprint density at radius 1 is 0.818 bits per heavy atom. The maximum atomic E-state index is 10.2. The fourth-order valence-electron chi connectivity index (χ4n) is 2.54. The molecule has 22 heavy (non-hydrogen) atoms. The smallest absolute Gasteiger partial charge is 0.203 e. The number of hydrogen-bond donors (Lipinski definition) is 0. The number of carbonyl (C=O) groups is 1. The quantitative estimate of drug-likeness (QED) is 0.429. The average Bonchev–Trinajstić information content (AvgIpc) is 2.56. The molecule has 124 valence electrons. The summed E-state index contributed by atoms with van der Waals surface area (Å²) >= 11 is 0. The summed E-state index contributed by atoms with van der Waals surface area (Å²) in [6.45, 7) is 0. The highest BCUT2D eigenvalue weighted by Gasteiger charge is 2.12. The highest BCUT2D eigenvalue weighted by Crippen LogP contribution is 2.38. The molecule has 0 spiro atoms. The van der Waals surface area contributed by atoms with Crippen LogP contribution in [0.1, 0.15) is 50.5 Å². The van der Waals surface area contributed by atoms with E-state index in [1.807, 2.05) is 12.1 Å². The second-order valence-electron chi connectivity index (χ2n) is 5.36. The van der Waals surface area contributed by atoms with Crippen LogP contribution in [0.4, 0.5) is 0 Å². The van der Waals surface area contributed by atoms with Gasteiger partial charge in [0.15, 0.2) is 11.5 Å². The Kier molecular flexibility index (Phi) is 9.12. The van der Waals surface area contributed by atoms with E-state index in [2.05, 4.69) is 0 Å². The molecule has 4 heteroatoms. The summed E-state index contributed by atoms with van der Waals surface area (Å²) in [6.07, 6.45) is 9.68. The molecule has 0 aromatic heterocycles. The van der Waals surface area contributed by atoms with Crippen molar-refractivity contribution in [2.24, 2.45) is 0 Å². The Morgan fingerprint density at radius 2 is 1.36 bits per heavy atom. The van der Waals surface area contributed by atoms with Crippen LogP contribution in [-0.2, 0) is 11.2 Å². The van der Waals surface area contributed by atoms with Gasteiger partial charge < -0.3 is 19.0 Å². The van der Waals surface area contributed by atoms with Gasteiger partial charge in [-0.15, -0.1) is 0 Å². The van der Waals surface area contributed by atoms with Crippen molar-refractivity contribution in [2.75, 3.05) is 21.3 Å². The first-order valence-electron chi connectivity index (χ1n) is 7.99.